The summed E-state index contributed by atoms with van der Waals surface area (Å²) in [6.45, 7) is 11.6. The first-order valence-electron chi connectivity index (χ1n) is 33.7. The zero-order chi connectivity index (χ0) is 63.1. The number of aliphatic hydroxyl groups is 1. The predicted molar refractivity (Wildman–Crippen MR) is 340 cm³/mol. The summed E-state index contributed by atoms with van der Waals surface area (Å²) in [6, 6.07) is 0. The van der Waals surface area contributed by atoms with Crippen molar-refractivity contribution in [3.63, 3.8) is 0 Å². The number of hydrogen-bond acceptors (Lipinski definition) is 15. The highest BCUT2D eigenvalue weighted by molar-refractivity contribution is 7.47. The quantitative estimate of drug-likeness (QED) is 0.0169. The molecule has 0 saturated carbocycles. The molecule has 3 unspecified atom stereocenters. The van der Waals surface area contributed by atoms with Gasteiger partial charge in [0, 0.05) is 25.7 Å². The maximum absolute atomic E-state index is 13.0. The van der Waals surface area contributed by atoms with E-state index in [-0.39, 0.29) is 25.7 Å². The summed E-state index contributed by atoms with van der Waals surface area (Å²) in [4.78, 5) is 72.2. The number of aliphatic hydroxyl groups excluding tert-OH is 1. The number of rotatable bonds is 62. The molecule has 0 rings (SSSR count). The Balaban J connectivity index is 5.28. The van der Waals surface area contributed by atoms with Gasteiger partial charge < -0.3 is 33.8 Å². The van der Waals surface area contributed by atoms with Crippen molar-refractivity contribution in [3.8, 4) is 0 Å². The lowest BCUT2D eigenvalue weighted by Crippen LogP contribution is -2.30. The van der Waals surface area contributed by atoms with Crippen molar-refractivity contribution in [2.45, 2.75) is 317 Å². The van der Waals surface area contributed by atoms with Crippen molar-refractivity contribution in [2.75, 3.05) is 39.6 Å². The van der Waals surface area contributed by atoms with Gasteiger partial charge in [0.05, 0.1) is 26.4 Å². The normalized spacial score (nSPS) is 14.8. The van der Waals surface area contributed by atoms with Crippen molar-refractivity contribution in [1.29, 1.82) is 0 Å². The number of phosphoric ester groups is 2. The van der Waals surface area contributed by atoms with Gasteiger partial charge in [0.25, 0.3) is 0 Å². The lowest BCUT2D eigenvalue weighted by molar-refractivity contribution is -0.161. The molecule has 6 atom stereocenters. The molecule has 0 fully saturated rings. The summed E-state index contributed by atoms with van der Waals surface area (Å²) in [5.41, 5.74) is 0. The van der Waals surface area contributed by atoms with Crippen LogP contribution in [-0.4, -0.2) is 96.7 Å². The summed E-state index contributed by atoms with van der Waals surface area (Å²) in [5, 5.41) is 10.5. The first-order valence-corrected chi connectivity index (χ1v) is 36.7. The summed E-state index contributed by atoms with van der Waals surface area (Å²) >= 11 is 0. The fraction of sp³-hybridized carbons (Fsp3) is 0.879. The summed E-state index contributed by atoms with van der Waals surface area (Å²) in [5.74, 6) is -0.0498. The largest absolute Gasteiger partial charge is 0.472 e. The van der Waals surface area contributed by atoms with Crippen LogP contribution in [0.4, 0.5) is 0 Å². The number of hydrogen-bond donors (Lipinski definition) is 3. The van der Waals surface area contributed by atoms with Gasteiger partial charge in [0.15, 0.2) is 12.2 Å². The Morgan fingerprint density at radius 2 is 0.694 bits per heavy atom. The smallest absolute Gasteiger partial charge is 0.462 e. The van der Waals surface area contributed by atoms with Crippen molar-refractivity contribution >= 4 is 39.5 Å². The first-order chi connectivity index (χ1) is 40.8. The maximum atomic E-state index is 13.0. The minimum Gasteiger partial charge on any atom is -0.462 e. The van der Waals surface area contributed by atoms with E-state index in [1.54, 1.807) is 0 Å². The Kier molecular flexibility index (Phi) is 55.1. The molecule has 0 heterocycles. The van der Waals surface area contributed by atoms with Gasteiger partial charge in [0.1, 0.15) is 19.3 Å². The zero-order valence-corrected chi connectivity index (χ0v) is 56.3. The Bertz CT molecular complexity index is 1780. The minimum absolute atomic E-state index is 0.0832. The Hall–Kier alpha value is -2.46. The Morgan fingerprint density at radius 1 is 0.388 bits per heavy atom. The van der Waals surface area contributed by atoms with Gasteiger partial charge in [-0.15, -0.1) is 0 Å². The molecule has 0 bridgehead atoms. The van der Waals surface area contributed by atoms with Crippen molar-refractivity contribution in [2.24, 2.45) is 17.8 Å². The molecule has 85 heavy (non-hydrogen) atoms. The van der Waals surface area contributed by atoms with Crippen LogP contribution in [-0.2, 0) is 65.4 Å². The molecule has 500 valence electrons. The standard InChI is InChI=1S/C66H124O17P2/c1-8-10-11-12-13-14-15-16-17-18-19-20-25-35-42-49-65(70)82-61(54-77-64(69)48-41-34-28-26-31-38-45-58(5)6)55-80-84(72,73)78-51-60(67)52-79-85(74,75)81-56-62(83-66(71)50-43-36-29-27-32-39-46-59(7)9-2)53-76-63(68)47-40-33-24-22-21-23-30-37-44-57(3)4/h14-17,57-62,67H,8-13,18-56H2,1-7H3,(H,72,73)(H,74,75)/b15-14-,17-16-/t59?,60-,61+,62+/m0/s1. The first kappa shape index (κ1) is 82.5. The highest BCUT2D eigenvalue weighted by atomic mass is 31.2. The van der Waals surface area contributed by atoms with Gasteiger partial charge in [-0.2, -0.15) is 0 Å². The van der Waals surface area contributed by atoms with Crippen LogP contribution in [0.5, 0.6) is 0 Å². The monoisotopic (exact) mass is 1250 g/mol. The van der Waals surface area contributed by atoms with Gasteiger partial charge in [-0.05, 0) is 69.1 Å². The molecule has 0 spiro atoms. The fourth-order valence-electron chi connectivity index (χ4n) is 9.26. The van der Waals surface area contributed by atoms with Crippen LogP contribution in [0.2, 0.25) is 0 Å². The number of unbranched alkanes of at least 4 members (excludes halogenated alkanes) is 26. The van der Waals surface area contributed by atoms with Gasteiger partial charge >= 0.3 is 39.5 Å². The molecule has 17 nitrogen and oxygen atoms in total. The van der Waals surface area contributed by atoms with Gasteiger partial charge in [-0.25, -0.2) is 9.13 Å². The predicted octanol–water partition coefficient (Wildman–Crippen LogP) is 17.8. The number of carbonyl (C=O) groups is 4. The van der Waals surface area contributed by atoms with Gasteiger partial charge in [-0.3, -0.25) is 37.3 Å². The third-order valence-electron chi connectivity index (χ3n) is 14.9. The molecule has 0 radical (unpaired) electrons. The molecule has 0 aromatic rings. The molecule has 3 N–H and O–H groups in total. The Morgan fingerprint density at radius 3 is 1.05 bits per heavy atom. The third kappa shape index (κ3) is 59.0. The second kappa shape index (κ2) is 56.8. The van der Waals surface area contributed by atoms with E-state index in [1.165, 1.54) is 89.9 Å². The average Bonchev–Trinajstić information content (AvgIpc) is 3.57. The number of esters is 4. The van der Waals surface area contributed by atoms with E-state index < -0.39 is 97.5 Å². The highest BCUT2D eigenvalue weighted by Crippen LogP contribution is 2.45. The van der Waals surface area contributed by atoms with Crippen LogP contribution in [0.15, 0.2) is 24.3 Å². The molecule has 0 aliphatic carbocycles. The van der Waals surface area contributed by atoms with Crippen LogP contribution in [0.3, 0.4) is 0 Å². The van der Waals surface area contributed by atoms with Crippen molar-refractivity contribution < 1.29 is 80.2 Å². The van der Waals surface area contributed by atoms with Gasteiger partial charge in [0.2, 0.25) is 0 Å². The molecule has 0 aromatic carbocycles. The summed E-state index contributed by atoms with van der Waals surface area (Å²) in [7, 11) is -9.90. The second-order valence-corrected chi connectivity index (χ2v) is 27.3. The average molecular weight is 1250 g/mol. The number of phosphoric acid groups is 2. The van der Waals surface area contributed by atoms with Gasteiger partial charge in [-0.1, -0.05) is 246 Å². The molecule has 0 aromatic heterocycles. The number of allylic oxidation sites excluding steroid dienone is 4. The molecule has 0 amide bonds. The SMILES string of the molecule is CCCCCC/C=C\C=C/CCCCCCCC(=O)O[C@H](COC(=O)CCCCCCCCC(C)C)COP(=O)(O)OC[C@H](O)COP(=O)(O)OC[C@@H](COC(=O)CCCCCCCCCCC(C)C)OC(=O)CCCCCCCCC(C)CC. The molecule has 19 heteroatoms. The third-order valence-corrected chi connectivity index (χ3v) is 16.8. The lowest BCUT2D eigenvalue weighted by atomic mass is 10.00. The topological polar surface area (TPSA) is 237 Å². The summed E-state index contributed by atoms with van der Waals surface area (Å²) in [6.07, 6.45) is 41.4. The van der Waals surface area contributed by atoms with Crippen LogP contribution in [0.25, 0.3) is 0 Å². The molecule has 0 aliphatic rings. The van der Waals surface area contributed by atoms with Crippen LogP contribution in [0, 0.1) is 17.8 Å². The molecular formula is C66H124O17P2. The van der Waals surface area contributed by atoms with E-state index in [1.807, 2.05) is 0 Å². The van der Waals surface area contributed by atoms with Crippen molar-refractivity contribution in [3.05, 3.63) is 24.3 Å². The Labute approximate surface area is 516 Å². The van der Waals surface area contributed by atoms with Crippen molar-refractivity contribution in [1.82, 2.24) is 0 Å². The molecule has 0 aliphatic heterocycles. The maximum Gasteiger partial charge on any atom is 0.472 e. The second-order valence-electron chi connectivity index (χ2n) is 24.4. The van der Waals surface area contributed by atoms with E-state index in [9.17, 15) is 43.2 Å². The molecule has 0 saturated heterocycles. The van der Waals surface area contributed by atoms with Crippen LogP contribution in [0.1, 0.15) is 299 Å². The lowest BCUT2D eigenvalue weighted by Gasteiger charge is -2.21. The number of ether oxygens (including phenoxy) is 4. The van der Waals surface area contributed by atoms with Crippen LogP contribution < -0.4 is 0 Å². The minimum atomic E-state index is -4.95. The van der Waals surface area contributed by atoms with E-state index in [4.69, 9.17) is 37.0 Å². The highest BCUT2D eigenvalue weighted by Gasteiger charge is 2.30. The van der Waals surface area contributed by atoms with E-state index in [2.05, 4.69) is 72.8 Å². The van der Waals surface area contributed by atoms with Crippen LogP contribution >= 0.6 is 15.6 Å². The number of carbonyl (C=O) groups excluding carboxylic acids is 4. The molecular weight excluding hydrogens is 1130 g/mol. The fourth-order valence-corrected chi connectivity index (χ4v) is 10.8. The van der Waals surface area contributed by atoms with E-state index in [0.717, 1.165) is 121 Å². The van der Waals surface area contributed by atoms with E-state index in [0.29, 0.717) is 31.6 Å². The zero-order valence-electron chi connectivity index (χ0n) is 54.5. The summed E-state index contributed by atoms with van der Waals surface area (Å²) < 4.78 is 68.0. The van der Waals surface area contributed by atoms with E-state index >= 15 is 0 Å².